The molecule has 5 heteroatoms. The Bertz CT molecular complexity index is 544. The number of hydrogen-bond acceptors (Lipinski definition) is 4. The predicted octanol–water partition coefficient (Wildman–Crippen LogP) is 1.89. The highest BCUT2D eigenvalue weighted by Crippen LogP contribution is 2.40. The van der Waals surface area contributed by atoms with Crippen LogP contribution in [-0.4, -0.2) is 39.4 Å². The van der Waals surface area contributed by atoms with Crippen molar-refractivity contribution in [1.29, 1.82) is 0 Å². The molecule has 2 unspecified atom stereocenters. The predicted molar refractivity (Wildman–Crippen MR) is 75.2 cm³/mol. The number of pyridine rings is 1. The van der Waals surface area contributed by atoms with Gasteiger partial charge in [0.1, 0.15) is 11.4 Å². The second-order valence-electron chi connectivity index (χ2n) is 6.00. The van der Waals surface area contributed by atoms with Crippen LogP contribution in [0.4, 0.5) is 5.82 Å². The van der Waals surface area contributed by atoms with Crippen molar-refractivity contribution in [2.45, 2.75) is 57.7 Å². The van der Waals surface area contributed by atoms with Crippen LogP contribution in [0.1, 0.15) is 47.3 Å². The molecule has 5 nitrogen and oxygen atoms in total. The van der Waals surface area contributed by atoms with Crippen molar-refractivity contribution in [2.75, 3.05) is 4.90 Å². The zero-order valence-electron chi connectivity index (χ0n) is 11.8. The molecule has 2 fully saturated rings. The lowest BCUT2D eigenvalue weighted by molar-refractivity contribution is 0.0696. The third-order valence-electron chi connectivity index (χ3n) is 4.49. The first-order valence-electron chi connectivity index (χ1n) is 7.15. The third kappa shape index (κ3) is 2.06. The molecular weight excluding hydrogens is 256 g/mol. The van der Waals surface area contributed by atoms with Gasteiger partial charge in [-0.2, -0.15) is 0 Å². The van der Waals surface area contributed by atoms with Gasteiger partial charge in [-0.25, -0.2) is 9.78 Å². The summed E-state index contributed by atoms with van der Waals surface area (Å²) in [6.45, 7) is 3.71. The van der Waals surface area contributed by atoms with Gasteiger partial charge in [-0.05, 0) is 51.2 Å². The van der Waals surface area contributed by atoms with E-state index in [2.05, 4.69) is 9.88 Å². The van der Waals surface area contributed by atoms with Crippen LogP contribution >= 0.6 is 0 Å². The molecule has 108 valence electrons. The van der Waals surface area contributed by atoms with Crippen molar-refractivity contribution < 1.29 is 15.0 Å². The average Bonchev–Trinajstić information content (AvgIpc) is 2.60. The third-order valence-corrected chi connectivity index (χ3v) is 4.49. The fourth-order valence-corrected chi connectivity index (χ4v) is 3.76. The monoisotopic (exact) mass is 276 g/mol. The Hall–Kier alpha value is -1.62. The number of rotatable bonds is 2. The number of piperidine rings is 1. The number of nitrogens with zero attached hydrogens (tertiary/aromatic N) is 2. The Morgan fingerprint density at radius 2 is 1.90 bits per heavy atom. The largest absolute Gasteiger partial charge is 0.478 e. The van der Waals surface area contributed by atoms with Crippen molar-refractivity contribution in [3.05, 3.63) is 22.9 Å². The number of hydrogen-bond donors (Lipinski definition) is 2. The molecule has 2 saturated heterocycles. The SMILES string of the molecule is Cc1cc(C)c(C(=O)O)c(N2C3CCC2CC(O)C3)n1. The van der Waals surface area contributed by atoms with Crippen LogP contribution < -0.4 is 4.90 Å². The molecule has 0 aliphatic carbocycles. The second kappa shape index (κ2) is 4.74. The van der Waals surface area contributed by atoms with E-state index in [-0.39, 0.29) is 18.2 Å². The molecule has 0 aromatic carbocycles. The number of aromatic nitrogens is 1. The Balaban J connectivity index is 2.08. The number of fused-ring (bicyclic) bond motifs is 2. The van der Waals surface area contributed by atoms with Crippen molar-refractivity contribution >= 4 is 11.8 Å². The lowest BCUT2D eigenvalue weighted by Crippen LogP contribution is -2.46. The van der Waals surface area contributed by atoms with E-state index in [1.807, 2.05) is 19.9 Å². The zero-order valence-corrected chi connectivity index (χ0v) is 11.8. The highest BCUT2D eigenvalue weighted by atomic mass is 16.4. The first-order chi connectivity index (χ1) is 9.47. The number of carboxylic acid groups (broad SMARTS) is 1. The topological polar surface area (TPSA) is 73.7 Å². The lowest BCUT2D eigenvalue weighted by atomic mass is 9.98. The number of anilines is 1. The van der Waals surface area contributed by atoms with Gasteiger partial charge >= 0.3 is 5.97 Å². The average molecular weight is 276 g/mol. The van der Waals surface area contributed by atoms with E-state index in [4.69, 9.17) is 0 Å². The summed E-state index contributed by atoms with van der Waals surface area (Å²) >= 11 is 0. The highest BCUT2D eigenvalue weighted by Gasteiger charge is 2.42. The van der Waals surface area contributed by atoms with Crippen LogP contribution in [0.15, 0.2) is 6.07 Å². The number of carbonyl (C=O) groups is 1. The summed E-state index contributed by atoms with van der Waals surface area (Å²) in [6.07, 6.45) is 3.18. The lowest BCUT2D eigenvalue weighted by Gasteiger charge is -2.39. The van der Waals surface area contributed by atoms with E-state index in [9.17, 15) is 15.0 Å². The minimum atomic E-state index is -0.921. The molecule has 0 saturated carbocycles. The van der Waals surface area contributed by atoms with E-state index in [1.165, 1.54) is 0 Å². The van der Waals surface area contributed by atoms with E-state index in [0.717, 1.165) is 24.1 Å². The summed E-state index contributed by atoms with van der Waals surface area (Å²) in [5, 5.41) is 19.4. The molecular formula is C15H20N2O3. The highest BCUT2D eigenvalue weighted by molar-refractivity contribution is 5.95. The van der Waals surface area contributed by atoms with Gasteiger partial charge in [0.25, 0.3) is 0 Å². The number of aliphatic hydroxyl groups is 1. The molecule has 2 bridgehead atoms. The minimum Gasteiger partial charge on any atom is -0.478 e. The molecule has 2 N–H and O–H groups in total. The summed E-state index contributed by atoms with van der Waals surface area (Å²) in [7, 11) is 0. The first kappa shape index (κ1) is 13.4. The zero-order chi connectivity index (χ0) is 14.4. The molecule has 2 aliphatic heterocycles. The Morgan fingerprint density at radius 1 is 1.30 bits per heavy atom. The molecule has 2 aliphatic rings. The molecule has 0 radical (unpaired) electrons. The maximum atomic E-state index is 11.6. The minimum absolute atomic E-state index is 0.218. The van der Waals surface area contributed by atoms with Gasteiger partial charge in [0.2, 0.25) is 0 Å². The molecule has 1 aromatic rings. The van der Waals surface area contributed by atoms with E-state index in [0.29, 0.717) is 24.2 Å². The van der Waals surface area contributed by atoms with Crippen LogP contribution in [0.3, 0.4) is 0 Å². The van der Waals surface area contributed by atoms with Crippen LogP contribution in [-0.2, 0) is 0 Å². The van der Waals surface area contributed by atoms with Gasteiger partial charge in [-0.3, -0.25) is 0 Å². The van der Waals surface area contributed by atoms with Gasteiger partial charge in [-0.15, -0.1) is 0 Å². The van der Waals surface area contributed by atoms with E-state index >= 15 is 0 Å². The molecule has 20 heavy (non-hydrogen) atoms. The fraction of sp³-hybridized carbons (Fsp3) is 0.600. The molecule has 0 spiro atoms. The summed E-state index contributed by atoms with van der Waals surface area (Å²) in [4.78, 5) is 18.2. The quantitative estimate of drug-likeness (QED) is 0.863. The molecule has 0 amide bonds. The van der Waals surface area contributed by atoms with Crippen LogP contribution in [0.2, 0.25) is 0 Å². The van der Waals surface area contributed by atoms with E-state index < -0.39 is 5.97 Å². The molecule has 2 atom stereocenters. The van der Waals surface area contributed by atoms with Gasteiger partial charge < -0.3 is 15.1 Å². The number of aromatic carboxylic acids is 1. The Labute approximate surface area is 118 Å². The smallest absolute Gasteiger partial charge is 0.339 e. The first-order valence-corrected chi connectivity index (χ1v) is 7.15. The maximum absolute atomic E-state index is 11.6. The van der Waals surface area contributed by atoms with Crippen LogP contribution in [0.25, 0.3) is 0 Å². The van der Waals surface area contributed by atoms with Gasteiger partial charge in [0.15, 0.2) is 0 Å². The second-order valence-corrected chi connectivity index (χ2v) is 6.00. The van der Waals surface area contributed by atoms with Gasteiger partial charge in [0, 0.05) is 17.8 Å². The number of aryl methyl sites for hydroxylation is 2. The summed E-state index contributed by atoms with van der Waals surface area (Å²) < 4.78 is 0. The van der Waals surface area contributed by atoms with Crippen molar-refractivity contribution in [3.8, 4) is 0 Å². The fourth-order valence-electron chi connectivity index (χ4n) is 3.76. The molecule has 3 heterocycles. The normalized spacial score (nSPS) is 28.8. The van der Waals surface area contributed by atoms with Crippen LogP contribution in [0, 0.1) is 13.8 Å². The maximum Gasteiger partial charge on any atom is 0.339 e. The summed E-state index contributed by atoms with van der Waals surface area (Å²) in [5.41, 5.74) is 1.91. The van der Waals surface area contributed by atoms with Gasteiger partial charge in [0.05, 0.1) is 6.10 Å². The van der Waals surface area contributed by atoms with Crippen molar-refractivity contribution in [3.63, 3.8) is 0 Å². The molecule has 3 rings (SSSR count). The Kier molecular flexibility index (Phi) is 3.17. The van der Waals surface area contributed by atoms with Crippen LogP contribution in [0.5, 0.6) is 0 Å². The molecule has 1 aromatic heterocycles. The number of carboxylic acids is 1. The standard InChI is InChI=1S/C15H20N2O3/c1-8-5-9(2)16-14(13(8)15(19)20)17-10-3-4-11(17)7-12(18)6-10/h5,10-12,18H,3-4,6-7H2,1-2H3,(H,19,20). The number of aliphatic hydroxyl groups excluding tert-OH is 1. The Morgan fingerprint density at radius 3 is 2.45 bits per heavy atom. The van der Waals surface area contributed by atoms with Gasteiger partial charge in [-0.1, -0.05) is 0 Å². The summed E-state index contributed by atoms with van der Waals surface area (Å²) in [6, 6.07) is 2.25. The van der Waals surface area contributed by atoms with E-state index in [1.54, 1.807) is 0 Å². The summed E-state index contributed by atoms with van der Waals surface area (Å²) in [5.74, 6) is -0.329. The van der Waals surface area contributed by atoms with Crippen molar-refractivity contribution in [2.24, 2.45) is 0 Å². The van der Waals surface area contributed by atoms with Crippen molar-refractivity contribution in [1.82, 2.24) is 4.98 Å².